The molecule has 6 nitrogen and oxygen atoms in total. The molecular weight excluding hydrogens is 339 g/mol. The summed E-state index contributed by atoms with van der Waals surface area (Å²) in [4.78, 5) is 26.1. The van der Waals surface area contributed by atoms with E-state index >= 15 is 0 Å². The fourth-order valence-corrected chi connectivity index (χ4v) is 3.19. The van der Waals surface area contributed by atoms with Gasteiger partial charge in [-0.1, -0.05) is 6.07 Å². The molecule has 2 heterocycles. The molecule has 0 aliphatic carbocycles. The third kappa shape index (κ3) is 3.20. The number of anilines is 1. The maximum Gasteiger partial charge on any atom is 0.251 e. The van der Waals surface area contributed by atoms with E-state index < -0.39 is 5.82 Å². The van der Waals surface area contributed by atoms with Crippen LogP contribution in [0, 0.1) is 11.7 Å². The lowest BCUT2D eigenvalue weighted by Gasteiger charge is -2.17. The molecule has 134 valence electrons. The summed E-state index contributed by atoms with van der Waals surface area (Å²) in [6, 6.07) is 10.9. The summed E-state index contributed by atoms with van der Waals surface area (Å²) < 4.78 is 23.8. The van der Waals surface area contributed by atoms with E-state index in [9.17, 15) is 14.0 Å². The first-order valence-corrected chi connectivity index (χ1v) is 8.34. The SMILES string of the molecule is O=C(NCC1CC(=O)N(c2ccc3c(c2)OCO3)C1)c1cccc(F)c1. The van der Waals surface area contributed by atoms with Gasteiger partial charge in [0, 0.05) is 42.7 Å². The van der Waals surface area contributed by atoms with Gasteiger partial charge in [0.15, 0.2) is 11.5 Å². The number of hydrogen-bond donors (Lipinski definition) is 1. The monoisotopic (exact) mass is 356 g/mol. The number of fused-ring (bicyclic) bond motifs is 1. The molecule has 1 N–H and O–H groups in total. The minimum absolute atomic E-state index is 0.00568. The van der Waals surface area contributed by atoms with Gasteiger partial charge in [0.25, 0.3) is 5.91 Å². The summed E-state index contributed by atoms with van der Waals surface area (Å²) in [6.45, 7) is 1.03. The van der Waals surface area contributed by atoms with Crippen molar-refractivity contribution in [3.8, 4) is 11.5 Å². The van der Waals surface area contributed by atoms with Crippen molar-refractivity contribution in [1.82, 2.24) is 5.32 Å². The molecule has 2 amide bonds. The van der Waals surface area contributed by atoms with E-state index in [0.717, 1.165) is 5.69 Å². The minimum atomic E-state index is -0.456. The number of ether oxygens (including phenoxy) is 2. The Morgan fingerprint density at radius 2 is 2.04 bits per heavy atom. The van der Waals surface area contributed by atoms with Gasteiger partial charge in [-0.15, -0.1) is 0 Å². The number of halogens is 1. The Bertz CT molecular complexity index is 870. The molecule has 7 heteroatoms. The lowest BCUT2D eigenvalue weighted by Crippen LogP contribution is -2.31. The molecule has 26 heavy (non-hydrogen) atoms. The number of carbonyl (C=O) groups excluding carboxylic acids is 2. The molecule has 0 aromatic heterocycles. The number of benzene rings is 2. The van der Waals surface area contributed by atoms with Gasteiger partial charge in [0.2, 0.25) is 12.7 Å². The van der Waals surface area contributed by atoms with E-state index in [4.69, 9.17) is 9.47 Å². The Balaban J connectivity index is 1.38. The van der Waals surface area contributed by atoms with Gasteiger partial charge in [0.1, 0.15) is 5.82 Å². The fraction of sp³-hybridized carbons (Fsp3) is 0.263. The van der Waals surface area contributed by atoms with E-state index in [0.29, 0.717) is 31.0 Å². The van der Waals surface area contributed by atoms with Crippen LogP contribution in [0.5, 0.6) is 11.5 Å². The molecule has 1 fully saturated rings. The van der Waals surface area contributed by atoms with Crippen LogP contribution in [0.3, 0.4) is 0 Å². The van der Waals surface area contributed by atoms with Gasteiger partial charge < -0.3 is 19.7 Å². The second-order valence-corrected chi connectivity index (χ2v) is 6.33. The first-order valence-electron chi connectivity index (χ1n) is 8.34. The Morgan fingerprint density at radius 1 is 1.19 bits per heavy atom. The van der Waals surface area contributed by atoms with E-state index in [1.165, 1.54) is 18.2 Å². The van der Waals surface area contributed by atoms with Crippen LogP contribution in [-0.4, -0.2) is 31.7 Å². The molecular formula is C19H17FN2O4. The molecule has 4 rings (SSSR count). The molecule has 1 unspecified atom stereocenters. The topological polar surface area (TPSA) is 67.9 Å². The van der Waals surface area contributed by atoms with Crippen molar-refractivity contribution in [3.05, 3.63) is 53.8 Å². The molecule has 2 aromatic carbocycles. The van der Waals surface area contributed by atoms with Crippen molar-refractivity contribution in [2.75, 3.05) is 24.8 Å². The highest BCUT2D eigenvalue weighted by Gasteiger charge is 2.31. The number of nitrogens with one attached hydrogen (secondary N) is 1. The van der Waals surface area contributed by atoms with Crippen LogP contribution >= 0.6 is 0 Å². The Kier molecular flexibility index (Phi) is 4.20. The van der Waals surface area contributed by atoms with E-state index in [-0.39, 0.29) is 30.1 Å². The molecule has 1 saturated heterocycles. The Labute approximate surface area is 149 Å². The normalized spacial score (nSPS) is 18.3. The quantitative estimate of drug-likeness (QED) is 0.913. The van der Waals surface area contributed by atoms with Crippen LogP contribution in [0.15, 0.2) is 42.5 Å². The van der Waals surface area contributed by atoms with E-state index in [1.54, 1.807) is 23.1 Å². The van der Waals surface area contributed by atoms with Crippen molar-refractivity contribution in [3.63, 3.8) is 0 Å². The van der Waals surface area contributed by atoms with Crippen LogP contribution in [0.2, 0.25) is 0 Å². The average molecular weight is 356 g/mol. The zero-order chi connectivity index (χ0) is 18.1. The van der Waals surface area contributed by atoms with Crippen LogP contribution in [0.1, 0.15) is 16.8 Å². The summed E-state index contributed by atoms with van der Waals surface area (Å²) in [5.74, 6) is 0.470. The second-order valence-electron chi connectivity index (χ2n) is 6.33. The smallest absolute Gasteiger partial charge is 0.251 e. The molecule has 2 aliphatic heterocycles. The van der Waals surface area contributed by atoms with Crippen molar-refractivity contribution in [2.45, 2.75) is 6.42 Å². The highest BCUT2D eigenvalue weighted by atomic mass is 19.1. The standard InChI is InChI=1S/C19H17FN2O4/c20-14-3-1-2-13(7-14)19(24)21-9-12-6-18(23)22(10-12)15-4-5-16-17(8-15)26-11-25-16/h1-5,7-8,12H,6,9-11H2,(H,21,24). The second kappa shape index (κ2) is 6.67. The number of nitrogens with zero attached hydrogens (tertiary/aromatic N) is 1. The van der Waals surface area contributed by atoms with Crippen LogP contribution in [0.25, 0.3) is 0 Å². The number of amides is 2. The van der Waals surface area contributed by atoms with E-state index in [1.807, 2.05) is 6.07 Å². The minimum Gasteiger partial charge on any atom is -0.454 e. The van der Waals surface area contributed by atoms with Gasteiger partial charge >= 0.3 is 0 Å². The molecule has 1 atom stereocenters. The number of carbonyl (C=O) groups is 2. The summed E-state index contributed by atoms with van der Waals surface area (Å²) in [7, 11) is 0. The highest BCUT2D eigenvalue weighted by Crippen LogP contribution is 2.37. The summed E-state index contributed by atoms with van der Waals surface area (Å²) in [5, 5.41) is 2.77. The zero-order valence-corrected chi connectivity index (χ0v) is 13.9. The Hall–Kier alpha value is -3.09. The van der Waals surface area contributed by atoms with E-state index in [2.05, 4.69) is 5.32 Å². The molecule has 2 aliphatic rings. The van der Waals surface area contributed by atoms with Crippen LogP contribution in [-0.2, 0) is 4.79 Å². The largest absolute Gasteiger partial charge is 0.454 e. The molecule has 0 saturated carbocycles. The van der Waals surface area contributed by atoms with Gasteiger partial charge in [-0.3, -0.25) is 9.59 Å². The van der Waals surface area contributed by atoms with Crippen molar-refractivity contribution in [1.29, 1.82) is 0 Å². The average Bonchev–Trinajstić information content (AvgIpc) is 3.25. The third-order valence-electron chi connectivity index (χ3n) is 4.51. The molecule has 0 radical (unpaired) electrons. The van der Waals surface area contributed by atoms with Crippen LogP contribution in [0.4, 0.5) is 10.1 Å². The summed E-state index contributed by atoms with van der Waals surface area (Å²) in [6.07, 6.45) is 0.345. The maximum atomic E-state index is 13.2. The predicted octanol–water partition coefficient (Wildman–Crippen LogP) is 2.34. The fourth-order valence-electron chi connectivity index (χ4n) is 3.19. The summed E-state index contributed by atoms with van der Waals surface area (Å²) >= 11 is 0. The highest BCUT2D eigenvalue weighted by molar-refractivity contribution is 5.96. The third-order valence-corrected chi connectivity index (χ3v) is 4.51. The van der Waals surface area contributed by atoms with Gasteiger partial charge in [-0.2, -0.15) is 0 Å². The van der Waals surface area contributed by atoms with Crippen molar-refractivity contribution < 1.29 is 23.5 Å². The van der Waals surface area contributed by atoms with Gasteiger partial charge in [-0.25, -0.2) is 4.39 Å². The van der Waals surface area contributed by atoms with Gasteiger partial charge in [-0.05, 0) is 30.3 Å². The molecule has 0 bridgehead atoms. The van der Waals surface area contributed by atoms with Crippen molar-refractivity contribution in [2.24, 2.45) is 5.92 Å². The zero-order valence-electron chi connectivity index (χ0n) is 13.9. The number of hydrogen-bond acceptors (Lipinski definition) is 4. The molecule has 2 aromatic rings. The predicted molar refractivity (Wildman–Crippen MR) is 91.8 cm³/mol. The van der Waals surface area contributed by atoms with Crippen molar-refractivity contribution >= 4 is 17.5 Å². The first-order chi connectivity index (χ1) is 12.6. The van der Waals surface area contributed by atoms with Gasteiger partial charge in [0.05, 0.1) is 0 Å². The maximum absolute atomic E-state index is 13.2. The lowest BCUT2D eigenvalue weighted by molar-refractivity contribution is -0.117. The number of rotatable bonds is 4. The van der Waals surface area contributed by atoms with Crippen LogP contribution < -0.4 is 19.7 Å². The molecule has 0 spiro atoms. The Morgan fingerprint density at radius 3 is 2.88 bits per heavy atom. The first kappa shape index (κ1) is 16.4. The summed E-state index contributed by atoms with van der Waals surface area (Å²) in [5.41, 5.74) is 1.01. The lowest BCUT2D eigenvalue weighted by atomic mass is 10.1.